The summed E-state index contributed by atoms with van der Waals surface area (Å²) >= 11 is 0. The number of hydrogen-bond donors (Lipinski definition) is 1. The van der Waals surface area contributed by atoms with E-state index in [1.165, 1.54) is 0 Å². The van der Waals surface area contributed by atoms with E-state index in [1.807, 2.05) is 6.92 Å². The molecule has 0 aliphatic rings. The largest absolute Gasteiger partial charge is 0.488 e. The van der Waals surface area contributed by atoms with Gasteiger partial charge in [0.1, 0.15) is 5.75 Å². The summed E-state index contributed by atoms with van der Waals surface area (Å²) in [5.74, 6) is 0.411. The lowest BCUT2D eigenvalue weighted by atomic mass is 10.1. The van der Waals surface area contributed by atoms with Gasteiger partial charge in [-0.1, -0.05) is 18.2 Å². The zero-order chi connectivity index (χ0) is 14.4. The first-order chi connectivity index (χ1) is 9.70. The van der Waals surface area contributed by atoms with Gasteiger partial charge in [0.2, 0.25) is 0 Å². The summed E-state index contributed by atoms with van der Waals surface area (Å²) in [7, 11) is 0. The van der Waals surface area contributed by atoms with Crippen LogP contribution in [0.3, 0.4) is 0 Å². The second-order valence-electron chi connectivity index (χ2n) is 4.02. The number of carboxylic acids is 1. The normalized spacial score (nSPS) is 10.1. The number of pyridine rings is 1. The van der Waals surface area contributed by atoms with Gasteiger partial charge < -0.3 is 14.6 Å². The molecule has 2 aromatic rings. The smallest absolute Gasteiger partial charge is 0.307 e. The fourth-order valence-electron chi connectivity index (χ4n) is 1.73. The molecule has 0 spiro atoms. The van der Waals surface area contributed by atoms with Gasteiger partial charge in [-0.05, 0) is 25.1 Å². The van der Waals surface area contributed by atoms with Crippen molar-refractivity contribution in [2.24, 2.45) is 0 Å². The minimum Gasteiger partial charge on any atom is -0.488 e. The Morgan fingerprint density at radius 2 is 1.95 bits per heavy atom. The van der Waals surface area contributed by atoms with Crippen molar-refractivity contribution in [1.29, 1.82) is 0 Å². The van der Waals surface area contributed by atoms with Gasteiger partial charge in [-0.15, -0.1) is 0 Å². The molecule has 1 heterocycles. The van der Waals surface area contributed by atoms with E-state index in [0.29, 0.717) is 29.5 Å². The van der Waals surface area contributed by atoms with Gasteiger partial charge in [0, 0.05) is 11.8 Å². The van der Waals surface area contributed by atoms with E-state index >= 15 is 0 Å². The van der Waals surface area contributed by atoms with Gasteiger partial charge in [-0.2, -0.15) is 0 Å². The van der Waals surface area contributed by atoms with Crippen LogP contribution in [0.2, 0.25) is 0 Å². The minimum absolute atomic E-state index is 0.104. The van der Waals surface area contributed by atoms with Gasteiger partial charge in [0.05, 0.1) is 13.0 Å². The van der Waals surface area contributed by atoms with E-state index in [9.17, 15) is 4.79 Å². The number of para-hydroxylation sites is 1. The topological polar surface area (TPSA) is 68.7 Å². The molecule has 1 aromatic heterocycles. The van der Waals surface area contributed by atoms with Crippen molar-refractivity contribution in [3.63, 3.8) is 0 Å². The van der Waals surface area contributed by atoms with Crippen molar-refractivity contribution < 1.29 is 19.4 Å². The number of carboxylic acid groups (broad SMARTS) is 1. The highest BCUT2D eigenvalue weighted by Crippen LogP contribution is 2.30. The molecule has 104 valence electrons. The summed E-state index contributed by atoms with van der Waals surface area (Å²) in [6, 6.07) is 10.5. The fraction of sp³-hybridized carbons (Fsp3) is 0.200. The van der Waals surface area contributed by atoms with Crippen molar-refractivity contribution in [3.8, 4) is 17.4 Å². The minimum atomic E-state index is -0.910. The van der Waals surface area contributed by atoms with E-state index in [-0.39, 0.29) is 6.42 Å². The monoisotopic (exact) mass is 273 g/mol. The van der Waals surface area contributed by atoms with E-state index in [0.717, 1.165) is 0 Å². The van der Waals surface area contributed by atoms with Gasteiger partial charge in [0.25, 0.3) is 5.88 Å². The van der Waals surface area contributed by atoms with Gasteiger partial charge in [-0.25, -0.2) is 4.98 Å². The predicted molar refractivity (Wildman–Crippen MR) is 73.3 cm³/mol. The van der Waals surface area contributed by atoms with Crippen molar-refractivity contribution in [2.45, 2.75) is 13.3 Å². The third kappa shape index (κ3) is 3.47. The molecule has 0 saturated heterocycles. The third-order valence-electron chi connectivity index (χ3n) is 2.56. The van der Waals surface area contributed by atoms with Crippen LogP contribution < -0.4 is 9.47 Å². The third-order valence-corrected chi connectivity index (χ3v) is 2.56. The van der Waals surface area contributed by atoms with E-state index < -0.39 is 5.97 Å². The van der Waals surface area contributed by atoms with Gasteiger partial charge in [0.15, 0.2) is 5.75 Å². The first kappa shape index (κ1) is 13.9. The summed E-state index contributed by atoms with van der Waals surface area (Å²) in [5.41, 5.74) is 0.591. The molecular weight excluding hydrogens is 258 g/mol. The Balaban J connectivity index is 2.28. The average Bonchev–Trinajstić information content (AvgIpc) is 2.43. The molecule has 0 aliphatic heterocycles. The van der Waals surface area contributed by atoms with Crippen molar-refractivity contribution in [1.82, 2.24) is 4.98 Å². The molecule has 0 radical (unpaired) electrons. The number of hydrogen-bond acceptors (Lipinski definition) is 4. The maximum atomic E-state index is 10.8. The first-order valence-corrected chi connectivity index (χ1v) is 6.26. The van der Waals surface area contributed by atoms with Crippen LogP contribution in [0.1, 0.15) is 12.5 Å². The van der Waals surface area contributed by atoms with E-state index in [2.05, 4.69) is 4.98 Å². The summed E-state index contributed by atoms with van der Waals surface area (Å²) in [6.45, 7) is 2.37. The molecule has 5 nitrogen and oxygen atoms in total. The predicted octanol–water partition coefficient (Wildman–Crippen LogP) is 2.90. The summed E-state index contributed by atoms with van der Waals surface area (Å²) < 4.78 is 11.1. The lowest BCUT2D eigenvalue weighted by molar-refractivity contribution is -0.136. The first-order valence-electron chi connectivity index (χ1n) is 6.26. The van der Waals surface area contributed by atoms with E-state index in [1.54, 1.807) is 42.6 Å². The maximum absolute atomic E-state index is 10.8. The number of nitrogens with zero attached hydrogens (tertiary/aromatic N) is 1. The molecule has 5 heteroatoms. The second kappa shape index (κ2) is 6.56. The highest BCUT2D eigenvalue weighted by Gasteiger charge is 2.11. The quantitative estimate of drug-likeness (QED) is 0.876. The van der Waals surface area contributed by atoms with Gasteiger partial charge >= 0.3 is 5.97 Å². The van der Waals surface area contributed by atoms with Gasteiger partial charge in [-0.3, -0.25) is 4.79 Å². The summed E-state index contributed by atoms with van der Waals surface area (Å²) in [6.07, 6.45) is 1.49. The van der Waals surface area contributed by atoms with Crippen molar-refractivity contribution >= 4 is 5.97 Å². The molecule has 2 rings (SSSR count). The Bertz CT molecular complexity index is 598. The summed E-state index contributed by atoms with van der Waals surface area (Å²) in [5, 5.41) is 8.90. The molecule has 1 aromatic carbocycles. The van der Waals surface area contributed by atoms with Crippen LogP contribution in [0, 0.1) is 0 Å². The lowest BCUT2D eigenvalue weighted by Crippen LogP contribution is -2.03. The van der Waals surface area contributed by atoms with Crippen LogP contribution in [-0.4, -0.2) is 22.7 Å². The molecule has 0 atom stereocenters. The zero-order valence-electron chi connectivity index (χ0n) is 11.1. The SMILES string of the molecule is CCOc1cccnc1Oc1ccccc1CC(=O)O. The van der Waals surface area contributed by atoms with Crippen LogP contribution in [-0.2, 0) is 11.2 Å². The highest BCUT2D eigenvalue weighted by molar-refractivity contribution is 5.71. The molecule has 0 unspecified atom stereocenters. The number of ether oxygens (including phenoxy) is 2. The Kier molecular flexibility index (Phi) is 4.55. The van der Waals surface area contributed by atoms with E-state index in [4.69, 9.17) is 14.6 Å². The second-order valence-corrected chi connectivity index (χ2v) is 4.02. The number of carbonyl (C=O) groups is 1. The Morgan fingerprint density at radius 3 is 2.70 bits per heavy atom. The lowest BCUT2D eigenvalue weighted by Gasteiger charge is -2.12. The molecule has 0 fully saturated rings. The molecule has 0 saturated carbocycles. The fourth-order valence-corrected chi connectivity index (χ4v) is 1.73. The molecular formula is C15H15NO4. The average molecular weight is 273 g/mol. The molecule has 0 aliphatic carbocycles. The molecule has 20 heavy (non-hydrogen) atoms. The maximum Gasteiger partial charge on any atom is 0.307 e. The van der Waals surface area contributed by atoms with Crippen LogP contribution in [0.5, 0.6) is 17.4 Å². The number of benzene rings is 1. The number of rotatable bonds is 6. The molecule has 0 bridgehead atoms. The van der Waals surface area contributed by atoms with Crippen molar-refractivity contribution in [3.05, 3.63) is 48.2 Å². The standard InChI is InChI=1S/C15H15NO4/c1-2-19-13-8-5-9-16-15(13)20-12-7-4-3-6-11(12)10-14(17)18/h3-9H,2,10H2,1H3,(H,17,18). The van der Waals surface area contributed by atoms with Crippen LogP contribution in [0.4, 0.5) is 0 Å². The van der Waals surface area contributed by atoms with Crippen molar-refractivity contribution in [2.75, 3.05) is 6.61 Å². The molecule has 0 amide bonds. The van der Waals surface area contributed by atoms with Crippen LogP contribution in [0.15, 0.2) is 42.6 Å². The van der Waals surface area contributed by atoms with Crippen LogP contribution >= 0.6 is 0 Å². The Morgan fingerprint density at radius 1 is 1.20 bits per heavy atom. The zero-order valence-corrected chi connectivity index (χ0v) is 11.1. The molecule has 1 N–H and O–H groups in total. The number of aliphatic carboxylic acids is 1. The van der Waals surface area contributed by atoms with Crippen LogP contribution in [0.25, 0.3) is 0 Å². The Hall–Kier alpha value is -2.56. The summed E-state index contributed by atoms with van der Waals surface area (Å²) in [4.78, 5) is 15.0. The highest BCUT2D eigenvalue weighted by atomic mass is 16.5. The Labute approximate surface area is 116 Å². The number of aromatic nitrogens is 1.